The summed E-state index contributed by atoms with van der Waals surface area (Å²) in [6, 6.07) is 8.92. The van der Waals surface area contributed by atoms with Gasteiger partial charge in [-0.15, -0.1) is 0 Å². The molecule has 1 aromatic carbocycles. The summed E-state index contributed by atoms with van der Waals surface area (Å²) in [7, 11) is 0. The number of hydrogen-bond acceptors (Lipinski definition) is 2. The number of hydrogen-bond donors (Lipinski definition) is 2. The van der Waals surface area contributed by atoms with Crippen molar-refractivity contribution in [1.29, 1.82) is 0 Å². The number of allylic oxidation sites excluding steroid dienone is 2. The van der Waals surface area contributed by atoms with Gasteiger partial charge < -0.3 is 5.73 Å². The van der Waals surface area contributed by atoms with Crippen LogP contribution in [0.5, 0.6) is 0 Å². The molecule has 1 fully saturated rings. The first-order valence-corrected chi connectivity index (χ1v) is 8.94. The van der Waals surface area contributed by atoms with Gasteiger partial charge in [0.05, 0.1) is 5.69 Å². The highest BCUT2D eigenvalue weighted by Crippen LogP contribution is 2.32. The summed E-state index contributed by atoms with van der Waals surface area (Å²) in [5.41, 5.74) is 8.69. The molecule has 0 bridgehead atoms. The number of H-pyrrole nitrogens is 1. The lowest BCUT2D eigenvalue weighted by Crippen LogP contribution is -2.25. The van der Waals surface area contributed by atoms with Gasteiger partial charge in [-0.2, -0.15) is 5.10 Å². The van der Waals surface area contributed by atoms with Gasteiger partial charge in [0, 0.05) is 23.2 Å². The van der Waals surface area contributed by atoms with Gasteiger partial charge in [-0.1, -0.05) is 51.3 Å². The van der Waals surface area contributed by atoms with Crippen molar-refractivity contribution in [3.63, 3.8) is 0 Å². The Bertz CT molecular complexity index is 634. The van der Waals surface area contributed by atoms with E-state index < -0.39 is 0 Å². The van der Waals surface area contributed by atoms with Crippen LogP contribution in [0.15, 0.2) is 55.6 Å². The van der Waals surface area contributed by atoms with Crippen molar-refractivity contribution in [2.24, 2.45) is 5.73 Å². The number of halogens is 1. The Morgan fingerprint density at radius 1 is 1.12 bits per heavy atom. The molecule has 25 heavy (non-hydrogen) atoms. The number of rotatable bonds is 3. The van der Waals surface area contributed by atoms with E-state index in [1.807, 2.05) is 26.0 Å². The molecule has 1 heterocycles. The van der Waals surface area contributed by atoms with E-state index in [1.54, 1.807) is 18.2 Å². The van der Waals surface area contributed by atoms with Gasteiger partial charge in [0.1, 0.15) is 5.82 Å². The molecule has 1 aliphatic rings. The van der Waals surface area contributed by atoms with E-state index >= 15 is 0 Å². The number of aromatic nitrogens is 2. The molecular weight excluding hydrogens is 313 g/mol. The van der Waals surface area contributed by atoms with E-state index in [-0.39, 0.29) is 5.82 Å². The first-order valence-electron chi connectivity index (χ1n) is 8.94. The third-order valence-corrected chi connectivity index (χ3v) is 4.10. The molecular formula is C21H30FN3. The lowest BCUT2D eigenvalue weighted by atomic mass is 9.84. The molecule has 0 saturated heterocycles. The van der Waals surface area contributed by atoms with Gasteiger partial charge >= 0.3 is 0 Å². The maximum absolute atomic E-state index is 13.2. The molecule has 3 nitrogen and oxygen atoms in total. The van der Waals surface area contributed by atoms with E-state index in [9.17, 15) is 4.39 Å². The predicted molar refractivity (Wildman–Crippen MR) is 105 cm³/mol. The monoisotopic (exact) mass is 343 g/mol. The Balaban J connectivity index is 0.000000461. The van der Waals surface area contributed by atoms with Crippen LogP contribution in [-0.2, 0) is 0 Å². The molecule has 1 saturated carbocycles. The van der Waals surface area contributed by atoms with Gasteiger partial charge in [-0.05, 0) is 43.9 Å². The van der Waals surface area contributed by atoms with Crippen LogP contribution in [0.2, 0.25) is 0 Å². The molecule has 136 valence electrons. The van der Waals surface area contributed by atoms with Crippen LogP contribution in [0.4, 0.5) is 4.39 Å². The van der Waals surface area contributed by atoms with E-state index in [0.717, 1.165) is 42.6 Å². The summed E-state index contributed by atoms with van der Waals surface area (Å²) in [5.74, 6) is 0.278. The van der Waals surface area contributed by atoms with Crippen molar-refractivity contribution in [3.05, 3.63) is 67.2 Å². The minimum atomic E-state index is -0.231. The zero-order valence-corrected chi connectivity index (χ0v) is 15.3. The highest BCUT2D eigenvalue weighted by molar-refractivity contribution is 5.59. The smallest absolute Gasteiger partial charge is 0.123 e. The van der Waals surface area contributed by atoms with Crippen LogP contribution < -0.4 is 5.73 Å². The SMILES string of the molecule is C=CC=C.CC.NC1CCC(c2cc(-c3cccc(F)c3)n[nH]2)CC1. The summed E-state index contributed by atoms with van der Waals surface area (Å²) < 4.78 is 13.2. The molecule has 1 aliphatic carbocycles. The second-order valence-corrected chi connectivity index (χ2v) is 5.80. The first-order chi connectivity index (χ1) is 12.1. The summed E-state index contributed by atoms with van der Waals surface area (Å²) in [6.07, 6.45) is 7.62. The zero-order chi connectivity index (χ0) is 18.7. The fourth-order valence-corrected chi connectivity index (χ4v) is 2.77. The molecule has 0 amide bonds. The minimum absolute atomic E-state index is 0.231. The minimum Gasteiger partial charge on any atom is -0.328 e. The fraction of sp³-hybridized carbons (Fsp3) is 0.381. The number of aromatic amines is 1. The van der Waals surface area contributed by atoms with Crippen molar-refractivity contribution in [2.75, 3.05) is 0 Å². The third kappa shape index (κ3) is 6.67. The number of nitrogens with one attached hydrogen (secondary N) is 1. The maximum Gasteiger partial charge on any atom is 0.123 e. The third-order valence-electron chi connectivity index (χ3n) is 4.10. The van der Waals surface area contributed by atoms with E-state index in [2.05, 4.69) is 23.4 Å². The number of nitrogens with two attached hydrogens (primary N) is 1. The molecule has 2 aromatic rings. The molecule has 0 spiro atoms. The van der Waals surface area contributed by atoms with E-state index in [4.69, 9.17) is 5.73 Å². The molecule has 0 radical (unpaired) electrons. The zero-order valence-electron chi connectivity index (χ0n) is 15.3. The molecule has 0 aliphatic heterocycles. The van der Waals surface area contributed by atoms with Crippen molar-refractivity contribution < 1.29 is 4.39 Å². The summed E-state index contributed by atoms with van der Waals surface area (Å²) in [4.78, 5) is 0. The summed E-state index contributed by atoms with van der Waals surface area (Å²) in [5, 5.41) is 7.39. The van der Waals surface area contributed by atoms with Gasteiger partial charge in [0.2, 0.25) is 0 Å². The largest absolute Gasteiger partial charge is 0.328 e. The quantitative estimate of drug-likeness (QED) is 0.714. The van der Waals surface area contributed by atoms with Gasteiger partial charge in [0.15, 0.2) is 0 Å². The molecule has 4 heteroatoms. The lowest BCUT2D eigenvalue weighted by molar-refractivity contribution is 0.390. The lowest BCUT2D eigenvalue weighted by Gasteiger charge is -2.24. The van der Waals surface area contributed by atoms with Crippen LogP contribution in [0.25, 0.3) is 11.3 Å². The highest BCUT2D eigenvalue weighted by Gasteiger charge is 2.21. The predicted octanol–water partition coefficient (Wildman–Crippen LogP) is 5.59. The second kappa shape index (κ2) is 11.4. The normalized spacial score (nSPS) is 18.9. The molecule has 1 aromatic heterocycles. The Morgan fingerprint density at radius 3 is 2.32 bits per heavy atom. The van der Waals surface area contributed by atoms with Gasteiger partial charge in [-0.3, -0.25) is 5.10 Å². The van der Waals surface area contributed by atoms with Gasteiger partial charge in [-0.25, -0.2) is 4.39 Å². The first kappa shape index (κ1) is 20.8. The Morgan fingerprint density at radius 2 is 1.76 bits per heavy atom. The van der Waals surface area contributed by atoms with Crippen LogP contribution in [-0.4, -0.2) is 16.2 Å². The summed E-state index contributed by atoms with van der Waals surface area (Å²) >= 11 is 0. The van der Waals surface area contributed by atoms with E-state index in [0.29, 0.717) is 12.0 Å². The fourth-order valence-electron chi connectivity index (χ4n) is 2.77. The maximum atomic E-state index is 13.2. The van der Waals surface area contributed by atoms with Crippen LogP contribution in [0, 0.1) is 5.82 Å². The van der Waals surface area contributed by atoms with Crippen molar-refractivity contribution >= 4 is 0 Å². The van der Waals surface area contributed by atoms with Crippen LogP contribution in [0.1, 0.15) is 51.1 Å². The summed E-state index contributed by atoms with van der Waals surface area (Å²) in [6.45, 7) is 10.7. The molecule has 3 N–H and O–H groups in total. The molecule has 0 atom stereocenters. The average molecular weight is 343 g/mol. The highest BCUT2D eigenvalue weighted by atomic mass is 19.1. The Kier molecular flexibility index (Phi) is 9.48. The molecule has 3 rings (SSSR count). The standard InChI is InChI=1S/C15H18FN3.C4H6.C2H6/c16-12-3-1-2-11(8-12)15-9-14(18-19-15)10-4-6-13(17)7-5-10;1-3-4-2;1-2/h1-3,8-10,13H,4-7,17H2,(H,18,19);3-4H,1-2H2;1-2H3. The van der Waals surface area contributed by atoms with Crippen LogP contribution >= 0.6 is 0 Å². The number of nitrogens with zero attached hydrogens (tertiary/aromatic N) is 1. The number of benzene rings is 1. The van der Waals surface area contributed by atoms with E-state index in [1.165, 1.54) is 12.1 Å². The van der Waals surface area contributed by atoms with Gasteiger partial charge in [0.25, 0.3) is 0 Å². The molecule has 0 unspecified atom stereocenters. The second-order valence-electron chi connectivity index (χ2n) is 5.80. The van der Waals surface area contributed by atoms with Crippen molar-refractivity contribution in [1.82, 2.24) is 10.2 Å². The topological polar surface area (TPSA) is 54.7 Å². The Hall–Kier alpha value is -2.20. The average Bonchev–Trinajstić information content (AvgIpc) is 3.14. The van der Waals surface area contributed by atoms with Crippen molar-refractivity contribution in [2.45, 2.75) is 51.5 Å². The Labute approximate surface area is 150 Å². The van der Waals surface area contributed by atoms with Crippen LogP contribution in [0.3, 0.4) is 0 Å². The van der Waals surface area contributed by atoms with Crippen molar-refractivity contribution in [3.8, 4) is 11.3 Å².